The third kappa shape index (κ3) is 3.12. The van der Waals surface area contributed by atoms with E-state index in [1.165, 1.54) is 18.2 Å². The third-order valence-corrected chi connectivity index (χ3v) is 4.94. The van der Waals surface area contributed by atoms with Gasteiger partial charge in [0.05, 0.1) is 21.4 Å². The van der Waals surface area contributed by atoms with Crippen LogP contribution >= 0.6 is 34.8 Å². The number of benzene rings is 2. The Hall–Kier alpha value is -1.14. The number of nitrogen functional groups attached to an aromatic ring is 1. The molecule has 0 saturated carbocycles. The van der Waals surface area contributed by atoms with Gasteiger partial charge < -0.3 is 5.73 Å². The molecule has 3 N–H and O–H groups in total. The number of para-hydroxylation sites is 2. The fraction of sp³-hybridized carbons (Fsp3) is 0. The van der Waals surface area contributed by atoms with Gasteiger partial charge in [0.2, 0.25) is 0 Å². The van der Waals surface area contributed by atoms with E-state index >= 15 is 0 Å². The van der Waals surface area contributed by atoms with Crippen LogP contribution in [0.5, 0.6) is 0 Å². The number of rotatable bonds is 3. The smallest absolute Gasteiger partial charge is 0.264 e. The van der Waals surface area contributed by atoms with E-state index in [-0.39, 0.29) is 31.3 Å². The summed E-state index contributed by atoms with van der Waals surface area (Å²) in [6.07, 6.45) is 0. The Bertz CT molecular complexity index is 740. The van der Waals surface area contributed by atoms with Crippen molar-refractivity contribution in [2.45, 2.75) is 4.90 Å². The zero-order valence-corrected chi connectivity index (χ0v) is 13.0. The molecular weight excluding hydrogens is 343 g/mol. The van der Waals surface area contributed by atoms with Gasteiger partial charge in [0, 0.05) is 5.02 Å². The van der Waals surface area contributed by atoms with E-state index in [0.717, 1.165) is 0 Å². The normalized spacial score (nSPS) is 11.3. The fourth-order valence-electron chi connectivity index (χ4n) is 1.57. The average molecular weight is 352 g/mol. The molecule has 0 heterocycles. The van der Waals surface area contributed by atoms with Gasteiger partial charge in [0.1, 0.15) is 4.90 Å². The first-order chi connectivity index (χ1) is 9.31. The van der Waals surface area contributed by atoms with E-state index in [1.54, 1.807) is 18.2 Å². The Balaban J connectivity index is 2.50. The molecule has 0 radical (unpaired) electrons. The highest BCUT2D eigenvalue weighted by molar-refractivity contribution is 7.93. The molecule has 0 spiro atoms. The van der Waals surface area contributed by atoms with Crippen molar-refractivity contribution in [2.24, 2.45) is 0 Å². The quantitative estimate of drug-likeness (QED) is 0.820. The molecule has 8 heteroatoms. The Labute approximate surface area is 131 Å². The maximum atomic E-state index is 12.3. The van der Waals surface area contributed by atoms with Crippen molar-refractivity contribution < 1.29 is 8.42 Å². The number of halogens is 3. The molecule has 2 rings (SSSR count). The maximum Gasteiger partial charge on any atom is 0.264 e. The van der Waals surface area contributed by atoms with Crippen LogP contribution in [0.4, 0.5) is 11.4 Å². The zero-order chi connectivity index (χ0) is 14.9. The number of nitrogens with one attached hydrogen (secondary N) is 1. The summed E-state index contributed by atoms with van der Waals surface area (Å²) >= 11 is 17.6. The molecule has 0 aliphatic heterocycles. The molecule has 0 unspecified atom stereocenters. The maximum absolute atomic E-state index is 12.3. The molecule has 0 aromatic heterocycles. The van der Waals surface area contributed by atoms with Crippen molar-refractivity contribution in [3.05, 3.63) is 51.5 Å². The van der Waals surface area contributed by atoms with E-state index in [1.807, 2.05) is 0 Å². The SMILES string of the molecule is Nc1ccccc1NS(=O)(=O)c1c(Cl)cc(Cl)cc1Cl. The molecule has 4 nitrogen and oxygen atoms in total. The Kier molecular flexibility index (Phi) is 4.34. The second-order valence-electron chi connectivity index (χ2n) is 3.89. The summed E-state index contributed by atoms with van der Waals surface area (Å²) in [6.45, 7) is 0. The van der Waals surface area contributed by atoms with Crippen LogP contribution in [0.3, 0.4) is 0 Å². The van der Waals surface area contributed by atoms with Gasteiger partial charge in [0.15, 0.2) is 0 Å². The van der Waals surface area contributed by atoms with E-state index in [9.17, 15) is 8.42 Å². The third-order valence-electron chi connectivity index (χ3n) is 2.44. The standard InChI is InChI=1S/C12H9Cl3N2O2S/c13-7-5-8(14)12(9(15)6-7)20(18,19)17-11-4-2-1-3-10(11)16/h1-6,17H,16H2. The topological polar surface area (TPSA) is 72.2 Å². The van der Waals surface area contributed by atoms with Crippen molar-refractivity contribution in [1.82, 2.24) is 0 Å². The van der Waals surface area contributed by atoms with Crippen molar-refractivity contribution >= 4 is 56.2 Å². The van der Waals surface area contributed by atoms with Crippen molar-refractivity contribution in [2.75, 3.05) is 10.5 Å². The largest absolute Gasteiger partial charge is 0.397 e. The fourth-order valence-corrected chi connectivity index (χ4v) is 4.21. The number of nitrogens with two attached hydrogens (primary N) is 1. The predicted octanol–water partition coefficient (Wildman–Crippen LogP) is 4.03. The molecule has 106 valence electrons. The van der Waals surface area contributed by atoms with Crippen LogP contribution in [-0.4, -0.2) is 8.42 Å². The minimum absolute atomic E-state index is 0.0653. The average Bonchev–Trinajstić information content (AvgIpc) is 2.30. The highest BCUT2D eigenvalue weighted by atomic mass is 35.5. The van der Waals surface area contributed by atoms with Crippen LogP contribution in [-0.2, 0) is 10.0 Å². The van der Waals surface area contributed by atoms with Crippen molar-refractivity contribution in [3.63, 3.8) is 0 Å². The number of hydrogen-bond donors (Lipinski definition) is 2. The summed E-state index contributed by atoms with van der Waals surface area (Å²) in [4.78, 5) is -0.242. The minimum Gasteiger partial charge on any atom is -0.397 e. The molecule has 0 aliphatic carbocycles. The lowest BCUT2D eigenvalue weighted by Crippen LogP contribution is -2.15. The summed E-state index contributed by atoms with van der Waals surface area (Å²) in [6, 6.07) is 9.05. The number of hydrogen-bond acceptors (Lipinski definition) is 3. The highest BCUT2D eigenvalue weighted by Gasteiger charge is 2.23. The van der Waals surface area contributed by atoms with Gasteiger partial charge in [-0.25, -0.2) is 8.42 Å². The van der Waals surface area contributed by atoms with Crippen LogP contribution in [0, 0.1) is 0 Å². The van der Waals surface area contributed by atoms with Crippen LogP contribution in [0.15, 0.2) is 41.3 Å². The van der Waals surface area contributed by atoms with Gasteiger partial charge in [-0.15, -0.1) is 0 Å². The van der Waals surface area contributed by atoms with Gasteiger partial charge in [-0.1, -0.05) is 46.9 Å². The molecule has 2 aromatic carbocycles. The van der Waals surface area contributed by atoms with Crippen molar-refractivity contribution in [3.8, 4) is 0 Å². The Morgan fingerprint density at radius 2 is 1.55 bits per heavy atom. The zero-order valence-electron chi connectivity index (χ0n) is 9.90. The Morgan fingerprint density at radius 1 is 1.00 bits per heavy atom. The summed E-state index contributed by atoms with van der Waals surface area (Å²) in [5.41, 5.74) is 6.23. The van der Waals surface area contributed by atoms with E-state index in [4.69, 9.17) is 40.5 Å². The molecule has 0 fully saturated rings. The van der Waals surface area contributed by atoms with Crippen LogP contribution in [0.2, 0.25) is 15.1 Å². The molecule has 0 saturated heterocycles. The summed E-state index contributed by atoms with van der Waals surface area (Å²) < 4.78 is 27.0. The molecule has 0 bridgehead atoms. The molecule has 2 aromatic rings. The van der Waals surface area contributed by atoms with Crippen LogP contribution in [0.25, 0.3) is 0 Å². The molecule has 20 heavy (non-hydrogen) atoms. The predicted molar refractivity (Wildman–Crippen MR) is 83.1 cm³/mol. The van der Waals surface area contributed by atoms with Crippen LogP contribution in [0.1, 0.15) is 0 Å². The van der Waals surface area contributed by atoms with Crippen LogP contribution < -0.4 is 10.5 Å². The summed E-state index contributed by atoms with van der Waals surface area (Å²) in [5, 5.41) is 0.118. The lowest BCUT2D eigenvalue weighted by molar-refractivity contribution is 0.601. The molecular formula is C12H9Cl3N2O2S. The second-order valence-corrected chi connectivity index (χ2v) is 6.76. The molecule has 0 aliphatic rings. The first kappa shape index (κ1) is 15.3. The second kappa shape index (κ2) is 5.69. The number of sulfonamides is 1. The number of anilines is 2. The van der Waals surface area contributed by atoms with Gasteiger partial charge in [-0.2, -0.15) is 0 Å². The monoisotopic (exact) mass is 350 g/mol. The minimum atomic E-state index is -3.97. The highest BCUT2D eigenvalue weighted by Crippen LogP contribution is 2.34. The van der Waals surface area contributed by atoms with Crippen molar-refractivity contribution in [1.29, 1.82) is 0 Å². The van der Waals surface area contributed by atoms with Gasteiger partial charge in [-0.3, -0.25) is 4.72 Å². The lowest BCUT2D eigenvalue weighted by atomic mass is 10.3. The summed E-state index contributed by atoms with van der Waals surface area (Å²) in [5.74, 6) is 0. The Morgan fingerprint density at radius 3 is 2.10 bits per heavy atom. The van der Waals surface area contributed by atoms with Gasteiger partial charge in [0.25, 0.3) is 10.0 Å². The van der Waals surface area contributed by atoms with E-state index in [0.29, 0.717) is 0 Å². The molecule has 0 atom stereocenters. The first-order valence-corrected chi connectivity index (χ1v) is 7.95. The lowest BCUT2D eigenvalue weighted by Gasteiger charge is -2.12. The van der Waals surface area contributed by atoms with E-state index < -0.39 is 10.0 Å². The van der Waals surface area contributed by atoms with Gasteiger partial charge >= 0.3 is 0 Å². The van der Waals surface area contributed by atoms with E-state index in [2.05, 4.69) is 4.72 Å². The molecule has 0 amide bonds. The summed E-state index contributed by atoms with van der Waals surface area (Å²) in [7, 11) is -3.97. The first-order valence-electron chi connectivity index (χ1n) is 5.33. The van der Waals surface area contributed by atoms with Gasteiger partial charge in [-0.05, 0) is 24.3 Å².